The fraction of sp³-hybridized carbons (Fsp3) is 0.667. The van der Waals surface area contributed by atoms with Crippen LogP contribution in [-0.4, -0.2) is 67.1 Å². The maximum Gasteiger partial charge on any atom is 0.255 e. The highest BCUT2D eigenvalue weighted by Gasteiger charge is 2.28. The molecular weight excluding hydrogens is 326 g/mol. The van der Waals surface area contributed by atoms with E-state index < -0.39 is 0 Å². The van der Waals surface area contributed by atoms with Crippen molar-refractivity contribution in [2.75, 3.05) is 33.2 Å². The van der Waals surface area contributed by atoms with Crippen molar-refractivity contribution in [1.82, 2.24) is 15.1 Å². The number of nitrogens with one attached hydrogen (secondary N) is 1. The summed E-state index contributed by atoms with van der Waals surface area (Å²) in [6.07, 6.45) is 4.67. The summed E-state index contributed by atoms with van der Waals surface area (Å²) >= 11 is 0. The first-order chi connectivity index (χ1) is 12.5. The molecule has 0 atom stereocenters. The second-order valence-electron chi connectivity index (χ2n) is 7.98. The Labute approximate surface area is 157 Å². The smallest absolute Gasteiger partial charge is 0.255 e. The van der Waals surface area contributed by atoms with E-state index in [1.165, 1.54) is 25.9 Å². The number of amides is 1. The highest BCUT2D eigenvalue weighted by molar-refractivity contribution is 5.97. The van der Waals surface area contributed by atoms with Crippen molar-refractivity contribution in [1.29, 1.82) is 0 Å². The summed E-state index contributed by atoms with van der Waals surface area (Å²) in [6, 6.07) is 8.51. The number of piperidine rings is 2. The molecule has 0 aromatic heterocycles. The fourth-order valence-corrected chi connectivity index (χ4v) is 4.04. The molecule has 1 aromatic rings. The Bertz CT molecular complexity index is 589. The number of nitrogens with zero attached hydrogens (tertiary/aromatic N) is 2. The van der Waals surface area contributed by atoms with E-state index in [2.05, 4.69) is 22.2 Å². The van der Waals surface area contributed by atoms with Crippen LogP contribution in [0.3, 0.4) is 0 Å². The van der Waals surface area contributed by atoms with Gasteiger partial charge < -0.3 is 19.9 Å². The normalized spacial score (nSPS) is 21.1. The number of carbonyl (C=O) groups excluding carboxylic acids is 1. The van der Waals surface area contributed by atoms with Gasteiger partial charge in [0.15, 0.2) is 0 Å². The van der Waals surface area contributed by atoms with E-state index in [1.54, 1.807) is 0 Å². The van der Waals surface area contributed by atoms with Gasteiger partial charge in [-0.15, -0.1) is 0 Å². The molecule has 0 unspecified atom stereocenters. The third-order valence-corrected chi connectivity index (χ3v) is 5.56. The quantitative estimate of drug-likeness (QED) is 0.878. The zero-order chi connectivity index (χ0) is 18.5. The Hall–Kier alpha value is -1.59. The number of carbonyl (C=O) groups is 1. The van der Waals surface area contributed by atoms with Crippen LogP contribution in [0, 0.1) is 0 Å². The average molecular weight is 360 g/mol. The van der Waals surface area contributed by atoms with Crippen molar-refractivity contribution in [3.63, 3.8) is 0 Å². The lowest BCUT2D eigenvalue weighted by Gasteiger charge is -2.41. The van der Waals surface area contributed by atoms with E-state index in [1.807, 2.05) is 38.1 Å². The van der Waals surface area contributed by atoms with Gasteiger partial charge in [-0.2, -0.15) is 0 Å². The number of hydrogen-bond donors (Lipinski definition) is 1. The summed E-state index contributed by atoms with van der Waals surface area (Å²) in [4.78, 5) is 17.8. The molecule has 2 aliphatic heterocycles. The molecule has 1 amide bonds. The molecule has 2 heterocycles. The molecule has 3 rings (SSSR count). The zero-order valence-corrected chi connectivity index (χ0v) is 16.4. The Morgan fingerprint density at radius 3 is 2.38 bits per heavy atom. The molecule has 1 N–H and O–H groups in total. The SMILES string of the molecule is CC(C)Oc1ccccc1C(=O)NC1CCN(C2CCN(C)CC2)CC1. The monoisotopic (exact) mass is 359 g/mol. The molecule has 0 aliphatic carbocycles. The third-order valence-electron chi connectivity index (χ3n) is 5.56. The Morgan fingerprint density at radius 1 is 1.08 bits per heavy atom. The van der Waals surface area contributed by atoms with Gasteiger partial charge >= 0.3 is 0 Å². The first-order valence-electron chi connectivity index (χ1n) is 10.0. The lowest BCUT2D eigenvalue weighted by molar-refractivity contribution is 0.0804. The van der Waals surface area contributed by atoms with E-state index >= 15 is 0 Å². The molecule has 5 heteroatoms. The van der Waals surface area contributed by atoms with Crippen molar-refractivity contribution < 1.29 is 9.53 Å². The number of likely N-dealkylation sites (tertiary alicyclic amines) is 2. The van der Waals surface area contributed by atoms with Crippen LogP contribution in [0.15, 0.2) is 24.3 Å². The summed E-state index contributed by atoms with van der Waals surface area (Å²) in [5.74, 6) is 0.655. The minimum Gasteiger partial charge on any atom is -0.490 e. The molecule has 2 fully saturated rings. The van der Waals surface area contributed by atoms with Gasteiger partial charge in [-0.1, -0.05) is 12.1 Å². The molecule has 0 bridgehead atoms. The standard InChI is InChI=1S/C21H33N3O2/c1-16(2)26-20-7-5-4-6-19(20)21(25)22-17-8-14-24(15-9-17)18-10-12-23(3)13-11-18/h4-7,16-18H,8-15H2,1-3H3,(H,22,25). The number of benzene rings is 1. The lowest BCUT2D eigenvalue weighted by atomic mass is 9.98. The molecule has 0 radical (unpaired) electrons. The van der Waals surface area contributed by atoms with E-state index in [0.29, 0.717) is 11.3 Å². The summed E-state index contributed by atoms with van der Waals surface area (Å²) in [5, 5.41) is 3.23. The van der Waals surface area contributed by atoms with E-state index in [9.17, 15) is 4.79 Å². The van der Waals surface area contributed by atoms with Crippen LogP contribution in [0.4, 0.5) is 0 Å². The van der Waals surface area contributed by atoms with Crippen molar-refractivity contribution in [3.8, 4) is 5.75 Å². The summed E-state index contributed by atoms with van der Waals surface area (Å²) in [6.45, 7) is 8.54. The van der Waals surface area contributed by atoms with Crippen molar-refractivity contribution in [3.05, 3.63) is 29.8 Å². The van der Waals surface area contributed by atoms with Gasteiger partial charge in [0.2, 0.25) is 0 Å². The predicted molar refractivity (Wildman–Crippen MR) is 105 cm³/mol. The van der Waals surface area contributed by atoms with Crippen LogP contribution < -0.4 is 10.1 Å². The van der Waals surface area contributed by atoms with Gasteiger partial charge in [-0.3, -0.25) is 4.79 Å². The van der Waals surface area contributed by atoms with Gasteiger partial charge in [0, 0.05) is 25.2 Å². The molecule has 5 nitrogen and oxygen atoms in total. The number of hydrogen-bond acceptors (Lipinski definition) is 4. The van der Waals surface area contributed by atoms with E-state index in [4.69, 9.17) is 4.74 Å². The molecule has 1 aromatic carbocycles. The van der Waals surface area contributed by atoms with E-state index in [0.717, 1.165) is 32.0 Å². The van der Waals surface area contributed by atoms with Gasteiger partial charge in [0.25, 0.3) is 5.91 Å². The Morgan fingerprint density at radius 2 is 1.73 bits per heavy atom. The summed E-state index contributed by atoms with van der Waals surface area (Å²) in [7, 11) is 2.21. The van der Waals surface area contributed by atoms with Crippen LogP contribution >= 0.6 is 0 Å². The molecular formula is C21H33N3O2. The molecule has 0 saturated carbocycles. The third kappa shape index (κ3) is 4.98. The number of rotatable bonds is 5. The summed E-state index contributed by atoms with van der Waals surface area (Å²) < 4.78 is 5.79. The average Bonchev–Trinajstić information content (AvgIpc) is 2.63. The topological polar surface area (TPSA) is 44.8 Å². The number of para-hydroxylation sites is 1. The van der Waals surface area contributed by atoms with E-state index in [-0.39, 0.29) is 18.1 Å². The largest absolute Gasteiger partial charge is 0.490 e. The first kappa shape index (κ1) is 19.2. The minimum absolute atomic E-state index is 0.0148. The second-order valence-corrected chi connectivity index (χ2v) is 7.98. The van der Waals surface area contributed by atoms with Crippen molar-refractivity contribution in [2.24, 2.45) is 0 Å². The first-order valence-corrected chi connectivity index (χ1v) is 10.0. The second kappa shape index (κ2) is 8.87. The maximum atomic E-state index is 12.7. The minimum atomic E-state index is -0.0148. The highest BCUT2D eigenvalue weighted by atomic mass is 16.5. The van der Waals surface area contributed by atoms with Crippen molar-refractivity contribution in [2.45, 2.75) is 57.7 Å². The summed E-state index contributed by atoms with van der Waals surface area (Å²) in [5.41, 5.74) is 0.638. The zero-order valence-electron chi connectivity index (χ0n) is 16.4. The van der Waals surface area contributed by atoms with Crippen LogP contribution in [0.1, 0.15) is 49.9 Å². The molecule has 26 heavy (non-hydrogen) atoms. The van der Waals surface area contributed by atoms with Crippen LogP contribution in [0.25, 0.3) is 0 Å². The van der Waals surface area contributed by atoms with Gasteiger partial charge in [-0.25, -0.2) is 0 Å². The molecule has 2 aliphatic rings. The predicted octanol–water partition coefficient (Wildman–Crippen LogP) is 2.76. The highest BCUT2D eigenvalue weighted by Crippen LogP contribution is 2.22. The fourth-order valence-electron chi connectivity index (χ4n) is 4.04. The molecule has 144 valence electrons. The van der Waals surface area contributed by atoms with Crippen LogP contribution in [0.2, 0.25) is 0 Å². The van der Waals surface area contributed by atoms with Crippen molar-refractivity contribution >= 4 is 5.91 Å². The molecule has 2 saturated heterocycles. The number of ether oxygens (including phenoxy) is 1. The van der Waals surface area contributed by atoms with Crippen LogP contribution in [0.5, 0.6) is 5.75 Å². The lowest BCUT2D eigenvalue weighted by Crippen LogP contribution is -2.50. The van der Waals surface area contributed by atoms with Gasteiger partial charge in [0.1, 0.15) is 5.75 Å². The Balaban J connectivity index is 1.51. The maximum absolute atomic E-state index is 12.7. The van der Waals surface area contributed by atoms with Gasteiger partial charge in [-0.05, 0) is 71.8 Å². The molecule has 0 spiro atoms. The van der Waals surface area contributed by atoms with Crippen LogP contribution in [-0.2, 0) is 0 Å². The van der Waals surface area contributed by atoms with Gasteiger partial charge in [0.05, 0.1) is 11.7 Å². The Kier molecular flexibility index (Phi) is 6.54.